The number of hydrogen-bond acceptors (Lipinski definition) is 3. The van der Waals surface area contributed by atoms with Gasteiger partial charge in [0.05, 0.1) is 12.5 Å². The Balaban J connectivity index is 2.39. The Kier molecular flexibility index (Phi) is 4.43. The molecule has 3 nitrogen and oxygen atoms in total. The van der Waals surface area contributed by atoms with Crippen LogP contribution in [0, 0.1) is 0 Å². The monoisotopic (exact) mass is 283 g/mol. The summed E-state index contributed by atoms with van der Waals surface area (Å²) in [6.45, 7) is 4.28. The summed E-state index contributed by atoms with van der Waals surface area (Å²) in [6, 6.07) is 16.1. The fourth-order valence-electron chi connectivity index (χ4n) is 2.29. The van der Waals surface area contributed by atoms with Crippen LogP contribution in [0.1, 0.15) is 25.0 Å². The van der Waals surface area contributed by atoms with E-state index in [2.05, 4.69) is 0 Å². The number of hydrogen-bond donors (Lipinski definition) is 1. The molecule has 0 spiro atoms. The topological polar surface area (TPSA) is 52.3 Å². The van der Waals surface area contributed by atoms with Gasteiger partial charge in [-0.05, 0) is 36.1 Å². The van der Waals surface area contributed by atoms with Gasteiger partial charge in [-0.3, -0.25) is 4.79 Å². The summed E-state index contributed by atoms with van der Waals surface area (Å²) in [5.74, 6) is -0.238. The second-order valence-corrected chi connectivity index (χ2v) is 5.60. The number of carbonyl (C=O) groups excluding carboxylic acids is 1. The Morgan fingerprint density at radius 3 is 2.33 bits per heavy atom. The molecule has 0 atom stereocenters. The predicted molar refractivity (Wildman–Crippen MR) is 84.8 cm³/mol. The third-order valence-corrected chi connectivity index (χ3v) is 3.80. The minimum atomic E-state index is -0.665. The second kappa shape index (κ2) is 6.10. The highest BCUT2D eigenvalue weighted by molar-refractivity contribution is 5.82. The predicted octanol–water partition coefficient (Wildman–Crippen LogP) is 3.26. The van der Waals surface area contributed by atoms with Crippen molar-refractivity contribution in [2.75, 3.05) is 7.11 Å². The van der Waals surface area contributed by atoms with E-state index in [-0.39, 0.29) is 5.97 Å². The van der Waals surface area contributed by atoms with Crippen molar-refractivity contribution in [3.05, 3.63) is 59.7 Å². The van der Waals surface area contributed by atoms with E-state index in [1.54, 1.807) is 0 Å². The summed E-state index contributed by atoms with van der Waals surface area (Å²) in [7, 11) is 1.42. The van der Waals surface area contributed by atoms with Gasteiger partial charge >= 0.3 is 5.97 Å². The van der Waals surface area contributed by atoms with Gasteiger partial charge in [-0.2, -0.15) is 0 Å². The van der Waals surface area contributed by atoms with Crippen LogP contribution in [0.5, 0.6) is 0 Å². The lowest BCUT2D eigenvalue weighted by Crippen LogP contribution is -2.30. The lowest BCUT2D eigenvalue weighted by atomic mass is 9.83. The molecule has 2 aromatic carbocycles. The standard InChI is InChI=1S/C18H21NO2/c1-18(2,17(20)21-3)16-6-4-5-15(11-16)14-9-7-13(12-19)8-10-14/h4-11H,12,19H2,1-3H3. The molecule has 0 saturated carbocycles. The number of nitrogens with two attached hydrogens (primary N) is 1. The molecule has 0 heterocycles. The van der Waals surface area contributed by atoms with E-state index in [1.807, 2.05) is 62.4 Å². The molecule has 2 rings (SSSR count). The van der Waals surface area contributed by atoms with Crippen LogP contribution in [-0.2, 0) is 21.5 Å². The van der Waals surface area contributed by atoms with Crippen LogP contribution in [-0.4, -0.2) is 13.1 Å². The molecule has 0 aliphatic heterocycles. The highest BCUT2D eigenvalue weighted by atomic mass is 16.5. The Hall–Kier alpha value is -2.13. The molecule has 0 bridgehead atoms. The molecule has 0 aromatic heterocycles. The summed E-state index contributed by atoms with van der Waals surface area (Å²) in [5.41, 5.74) is 9.18. The van der Waals surface area contributed by atoms with Crippen LogP contribution >= 0.6 is 0 Å². The first kappa shape index (κ1) is 15.3. The Morgan fingerprint density at radius 1 is 1.10 bits per heavy atom. The van der Waals surface area contributed by atoms with Gasteiger partial charge in [0.15, 0.2) is 0 Å². The molecular weight excluding hydrogens is 262 g/mol. The number of benzene rings is 2. The number of carbonyl (C=O) groups is 1. The van der Waals surface area contributed by atoms with Crippen LogP contribution in [0.25, 0.3) is 11.1 Å². The van der Waals surface area contributed by atoms with Crippen molar-refractivity contribution in [2.45, 2.75) is 25.8 Å². The Morgan fingerprint density at radius 2 is 1.76 bits per heavy atom. The maximum atomic E-state index is 11.9. The van der Waals surface area contributed by atoms with Gasteiger partial charge in [0.1, 0.15) is 0 Å². The maximum absolute atomic E-state index is 11.9. The summed E-state index contributed by atoms with van der Waals surface area (Å²) >= 11 is 0. The van der Waals surface area contributed by atoms with Gasteiger partial charge in [-0.25, -0.2) is 0 Å². The van der Waals surface area contributed by atoms with Crippen LogP contribution in [0.4, 0.5) is 0 Å². The van der Waals surface area contributed by atoms with E-state index in [0.717, 1.165) is 22.3 Å². The Bertz CT molecular complexity index is 630. The maximum Gasteiger partial charge on any atom is 0.315 e. The number of methoxy groups -OCH3 is 1. The van der Waals surface area contributed by atoms with Gasteiger partial charge in [-0.1, -0.05) is 48.5 Å². The number of esters is 1. The highest BCUT2D eigenvalue weighted by Gasteiger charge is 2.30. The first-order valence-electron chi connectivity index (χ1n) is 6.97. The van der Waals surface area contributed by atoms with Crippen molar-refractivity contribution in [1.82, 2.24) is 0 Å². The van der Waals surface area contributed by atoms with Gasteiger partial charge in [0.25, 0.3) is 0 Å². The minimum Gasteiger partial charge on any atom is -0.468 e. The molecule has 0 saturated heterocycles. The van der Waals surface area contributed by atoms with E-state index in [9.17, 15) is 4.79 Å². The van der Waals surface area contributed by atoms with Crippen molar-refractivity contribution >= 4 is 5.97 Å². The molecule has 0 amide bonds. The largest absolute Gasteiger partial charge is 0.468 e. The summed E-state index contributed by atoms with van der Waals surface area (Å²) < 4.78 is 4.89. The van der Waals surface area contributed by atoms with E-state index in [0.29, 0.717) is 6.54 Å². The third kappa shape index (κ3) is 3.14. The van der Waals surface area contributed by atoms with Crippen molar-refractivity contribution < 1.29 is 9.53 Å². The lowest BCUT2D eigenvalue weighted by Gasteiger charge is -2.22. The SMILES string of the molecule is COC(=O)C(C)(C)c1cccc(-c2ccc(CN)cc2)c1. The smallest absolute Gasteiger partial charge is 0.315 e. The second-order valence-electron chi connectivity index (χ2n) is 5.60. The molecule has 110 valence electrons. The normalized spacial score (nSPS) is 11.2. The van der Waals surface area contributed by atoms with Crippen molar-refractivity contribution in [2.24, 2.45) is 5.73 Å². The summed E-state index contributed by atoms with van der Waals surface area (Å²) in [6.07, 6.45) is 0. The zero-order valence-corrected chi connectivity index (χ0v) is 12.7. The average molecular weight is 283 g/mol. The van der Waals surface area contributed by atoms with Crippen LogP contribution in [0.15, 0.2) is 48.5 Å². The fourth-order valence-corrected chi connectivity index (χ4v) is 2.29. The minimum absolute atomic E-state index is 0.238. The first-order valence-corrected chi connectivity index (χ1v) is 6.97. The van der Waals surface area contributed by atoms with Gasteiger partial charge in [-0.15, -0.1) is 0 Å². The third-order valence-electron chi connectivity index (χ3n) is 3.80. The van der Waals surface area contributed by atoms with Gasteiger partial charge < -0.3 is 10.5 Å². The molecule has 3 heteroatoms. The van der Waals surface area contributed by atoms with Crippen molar-refractivity contribution in [3.8, 4) is 11.1 Å². The Labute approximate surface area is 125 Å². The molecule has 0 aliphatic carbocycles. The number of rotatable bonds is 4. The quantitative estimate of drug-likeness (QED) is 0.876. The molecule has 0 aliphatic rings. The molecule has 2 aromatic rings. The highest BCUT2D eigenvalue weighted by Crippen LogP contribution is 2.29. The molecular formula is C18H21NO2. The molecule has 2 N–H and O–H groups in total. The first-order chi connectivity index (χ1) is 9.98. The van der Waals surface area contributed by atoms with Crippen LogP contribution in [0.2, 0.25) is 0 Å². The zero-order valence-electron chi connectivity index (χ0n) is 12.7. The van der Waals surface area contributed by atoms with Crippen molar-refractivity contribution in [1.29, 1.82) is 0 Å². The molecule has 0 radical (unpaired) electrons. The van der Waals surface area contributed by atoms with E-state index in [4.69, 9.17) is 10.5 Å². The lowest BCUT2D eigenvalue weighted by molar-refractivity contribution is -0.146. The molecule has 21 heavy (non-hydrogen) atoms. The average Bonchev–Trinajstić information content (AvgIpc) is 2.54. The van der Waals surface area contributed by atoms with Gasteiger partial charge in [0, 0.05) is 6.54 Å². The van der Waals surface area contributed by atoms with E-state index in [1.165, 1.54) is 7.11 Å². The van der Waals surface area contributed by atoms with Crippen LogP contribution < -0.4 is 5.73 Å². The van der Waals surface area contributed by atoms with E-state index < -0.39 is 5.41 Å². The fraction of sp³-hybridized carbons (Fsp3) is 0.278. The number of ether oxygens (including phenoxy) is 1. The molecule has 0 unspecified atom stereocenters. The summed E-state index contributed by atoms with van der Waals surface area (Å²) in [5, 5.41) is 0. The van der Waals surface area contributed by atoms with Crippen molar-refractivity contribution in [3.63, 3.8) is 0 Å². The summed E-state index contributed by atoms with van der Waals surface area (Å²) in [4.78, 5) is 11.9. The van der Waals surface area contributed by atoms with Gasteiger partial charge in [0.2, 0.25) is 0 Å². The molecule has 0 fully saturated rings. The zero-order chi connectivity index (χ0) is 15.5. The van der Waals surface area contributed by atoms with Crippen LogP contribution in [0.3, 0.4) is 0 Å². The van der Waals surface area contributed by atoms with E-state index >= 15 is 0 Å².